The van der Waals surface area contributed by atoms with Gasteiger partial charge in [0.15, 0.2) is 0 Å². The van der Waals surface area contributed by atoms with Crippen molar-refractivity contribution in [2.24, 2.45) is 0 Å². The van der Waals surface area contributed by atoms with Gasteiger partial charge in [0, 0.05) is 86.6 Å². The molecule has 0 bridgehead atoms. The van der Waals surface area contributed by atoms with Crippen molar-refractivity contribution in [1.29, 1.82) is 0 Å². The summed E-state index contributed by atoms with van der Waals surface area (Å²) in [4.78, 5) is 24.9. The van der Waals surface area contributed by atoms with Gasteiger partial charge in [-0.05, 0) is 54.6 Å². The molecule has 6 heterocycles. The van der Waals surface area contributed by atoms with Crippen molar-refractivity contribution in [3.63, 3.8) is 0 Å². The van der Waals surface area contributed by atoms with Gasteiger partial charge < -0.3 is 34.4 Å². The van der Waals surface area contributed by atoms with Crippen LogP contribution in [0.2, 0.25) is 0 Å². The number of hydrogen-bond donors (Lipinski definition) is 6. The molecule has 12 N–H and O–H groups in total. The van der Waals surface area contributed by atoms with Gasteiger partial charge >= 0.3 is 0 Å². The molecule has 0 saturated heterocycles. The van der Waals surface area contributed by atoms with Crippen molar-refractivity contribution in [1.82, 2.24) is 29.9 Å². The van der Waals surface area contributed by atoms with Crippen LogP contribution in [-0.4, -0.2) is 29.9 Å². The summed E-state index contributed by atoms with van der Waals surface area (Å²) in [6, 6.07) is 21.7. The fourth-order valence-electron chi connectivity index (χ4n) is 3.59. The van der Waals surface area contributed by atoms with E-state index in [1.54, 1.807) is 55.4 Å². The normalized spacial score (nSPS) is 9.77. The summed E-state index contributed by atoms with van der Waals surface area (Å²) in [5, 5.41) is 0. The van der Waals surface area contributed by atoms with Crippen LogP contribution < -0.4 is 34.4 Å². The van der Waals surface area contributed by atoms with Gasteiger partial charge in [-0.2, -0.15) is 0 Å². The summed E-state index contributed by atoms with van der Waals surface area (Å²) in [5.74, 6) is 0. The minimum absolute atomic E-state index is 0. The van der Waals surface area contributed by atoms with Crippen LogP contribution in [0.1, 0.15) is 0 Å². The molecule has 0 aromatic carbocycles. The molecule has 0 fully saturated rings. The molecule has 43 heavy (non-hydrogen) atoms. The number of anilines is 6. The molecule has 13 heteroatoms. The van der Waals surface area contributed by atoms with E-state index in [1.165, 1.54) is 0 Å². The molecule has 6 aromatic rings. The van der Waals surface area contributed by atoms with Gasteiger partial charge in [-0.25, -0.2) is 0 Å². The smallest absolute Gasteiger partial charge is 0.114 e. The van der Waals surface area contributed by atoms with Gasteiger partial charge in [0.2, 0.25) is 0 Å². The minimum atomic E-state index is 0. The van der Waals surface area contributed by atoms with Crippen molar-refractivity contribution in [2.75, 3.05) is 34.4 Å². The van der Waals surface area contributed by atoms with Crippen molar-refractivity contribution in [3.05, 3.63) is 110 Å². The fraction of sp³-hybridized carbons (Fsp3) is 0. The zero-order chi connectivity index (χ0) is 29.9. The second-order valence-corrected chi connectivity index (χ2v) is 8.63. The molecule has 0 saturated carbocycles. The molecule has 12 nitrogen and oxygen atoms in total. The largest absolute Gasteiger partial charge is 0.397 e. The van der Waals surface area contributed by atoms with Crippen molar-refractivity contribution in [2.45, 2.75) is 0 Å². The first-order chi connectivity index (χ1) is 20.4. The molecule has 0 amide bonds. The van der Waals surface area contributed by atoms with E-state index in [-0.39, 0.29) is 49.4 Å². The maximum Gasteiger partial charge on any atom is 0.114 e. The number of pyridine rings is 6. The number of hydrogen-bond acceptors (Lipinski definition) is 12. The first-order valence-electron chi connectivity index (χ1n) is 12.6. The number of aromatic nitrogens is 6. The SMILES string of the molecule is Nc1ccnc(-c2ccccn2)c1N.Nc1ccnc(-c2ccccn2)c1N.Nc1ccnc(-c2ccccn2)c1N.[Eu]. The van der Waals surface area contributed by atoms with E-state index < -0.39 is 0 Å². The molecule has 0 aliphatic rings. The Hall–Kier alpha value is -4.72. The van der Waals surface area contributed by atoms with E-state index in [4.69, 9.17) is 34.4 Å². The van der Waals surface area contributed by atoms with E-state index in [1.807, 2.05) is 54.6 Å². The molecule has 0 aliphatic heterocycles. The molecule has 0 aliphatic carbocycles. The van der Waals surface area contributed by atoms with Crippen LogP contribution in [0.25, 0.3) is 34.2 Å². The quantitative estimate of drug-likeness (QED) is 0.153. The number of nitrogens with two attached hydrogens (primary N) is 6. The average Bonchev–Trinajstić information content (AvgIpc) is 3.03. The summed E-state index contributed by atoms with van der Waals surface area (Å²) in [5.41, 5.74) is 41.5. The molecule has 6 rings (SSSR count). The topological polar surface area (TPSA) is 233 Å². The first kappa shape index (κ1) is 32.8. The zero-order valence-corrected chi connectivity index (χ0v) is 25.3. The second kappa shape index (κ2) is 16.1. The maximum absolute atomic E-state index is 5.79. The number of rotatable bonds is 3. The molecule has 0 atom stereocenters. The molecule has 217 valence electrons. The van der Waals surface area contributed by atoms with Gasteiger partial charge in [0.25, 0.3) is 0 Å². The van der Waals surface area contributed by atoms with Crippen LogP contribution in [0, 0.1) is 49.4 Å². The Labute approximate surface area is 289 Å². The van der Waals surface area contributed by atoms with Crippen LogP contribution in [0.4, 0.5) is 34.1 Å². The van der Waals surface area contributed by atoms with Crippen LogP contribution >= 0.6 is 0 Å². The number of nitrogens with zero attached hydrogens (tertiary/aromatic N) is 6. The standard InChI is InChI=1S/3C10H10N4.Eu/c3*11-7-4-6-14-10(9(7)12)8-3-1-2-5-13-8;/h3*1-6H,12H2,(H2,11,14);. The van der Waals surface area contributed by atoms with Gasteiger partial charge in [-0.1, -0.05) is 18.2 Å². The molecular weight excluding hydrogens is 680 g/mol. The van der Waals surface area contributed by atoms with E-state index in [9.17, 15) is 0 Å². The van der Waals surface area contributed by atoms with Crippen molar-refractivity contribution in [3.8, 4) is 34.2 Å². The van der Waals surface area contributed by atoms with E-state index in [2.05, 4.69) is 29.9 Å². The maximum atomic E-state index is 5.79. The van der Waals surface area contributed by atoms with E-state index >= 15 is 0 Å². The summed E-state index contributed by atoms with van der Waals surface area (Å²) in [7, 11) is 0. The van der Waals surface area contributed by atoms with Gasteiger partial charge in [0.05, 0.1) is 51.2 Å². The monoisotopic (exact) mass is 711 g/mol. The molecule has 0 unspecified atom stereocenters. The Morgan fingerprint density at radius 2 is 0.605 bits per heavy atom. The first-order valence-corrected chi connectivity index (χ1v) is 12.6. The Morgan fingerprint density at radius 3 is 0.837 bits per heavy atom. The van der Waals surface area contributed by atoms with Crippen LogP contribution in [0.15, 0.2) is 110 Å². The second-order valence-electron chi connectivity index (χ2n) is 8.63. The van der Waals surface area contributed by atoms with Gasteiger partial charge in [0.1, 0.15) is 17.1 Å². The third-order valence-corrected chi connectivity index (χ3v) is 5.79. The minimum Gasteiger partial charge on any atom is -0.397 e. The predicted molar refractivity (Wildman–Crippen MR) is 169 cm³/mol. The molecule has 1 radical (unpaired) electrons. The third kappa shape index (κ3) is 8.64. The summed E-state index contributed by atoms with van der Waals surface area (Å²) >= 11 is 0. The van der Waals surface area contributed by atoms with Crippen molar-refractivity contribution >= 4 is 34.1 Å². The van der Waals surface area contributed by atoms with Gasteiger partial charge in [-0.15, -0.1) is 0 Å². The zero-order valence-electron chi connectivity index (χ0n) is 22.9. The van der Waals surface area contributed by atoms with E-state index in [0.717, 1.165) is 17.1 Å². The molecule has 0 spiro atoms. The third-order valence-electron chi connectivity index (χ3n) is 5.79. The Morgan fingerprint density at radius 1 is 0.326 bits per heavy atom. The van der Waals surface area contributed by atoms with Gasteiger partial charge in [-0.3, -0.25) is 29.9 Å². The Bertz CT molecular complexity index is 1530. The molecular formula is C30H30EuN12. The molecule has 6 aromatic heterocycles. The van der Waals surface area contributed by atoms with Crippen molar-refractivity contribution < 1.29 is 49.4 Å². The van der Waals surface area contributed by atoms with Crippen LogP contribution in [0.3, 0.4) is 0 Å². The summed E-state index contributed by atoms with van der Waals surface area (Å²) in [6.45, 7) is 0. The van der Waals surface area contributed by atoms with Crippen LogP contribution in [0.5, 0.6) is 0 Å². The van der Waals surface area contributed by atoms with Crippen LogP contribution in [-0.2, 0) is 0 Å². The van der Waals surface area contributed by atoms with E-state index in [0.29, 0.717) is 51.2 Å². The average molecular weight is 711 g/mol. The summed E-state index contributed by atoms with van der Waals surface area (Å²) < 4.78 is 0. The Kier molecular flexibility index (Phi) is 12.2. The fourth-order valence-corrected chi connectivity index (χ4v) is 3.59. The predicted octanol–water partition coefficient (Wildman–Crippen LogP) is 3.92. The number of nitrogen functional groups attached to an aromatic ring is 6. The summed E-state index contributed by atoms with van der Waals surface area (Å²) in [6.07, 6.45) is 9.94. The Balaban J connectivity index is 0.000000175.